The number of amides is 1. The van der Waals surface area contributed by atoms with Gasteiger partial charge in [0.15, 0.2) is 0 Å². The molecular formula is C18H18N2O5S2. The van der Waals surface area contributed by atoms with Crippen LogP contribution in [0.15, 0.2) is 53.4 Å². The van der Waals surface area contributed by atoms with E-state index >= 15 is 0 Å². The number of nitrogens with one attached hydrogen (secondary N) is 2. The number of carboxylic acid groups (broad SMARTS) is 1. The predicted octanol–water partition coefficient (Wildman–Crippen LogP) is 2.27. The summed E-state index contributed by atoms with van der Waals surface area (Å²) in [6.07, 6.45) is 1.58. The van der Waals surface area contributed by atoms with Crippen molar-refractivity contribution in [3.8, 4) is 0 Å². The van der Waals surface area contributed by atoms with Gasteiger partial charge in [-0.15, -0.1) is 0 Å². The van der Waals surface area contributed by atoms with Gasteiger partial charge in [0.2, 0.25) is 0 Å². The van der Waals surface area contributed by atoms with Crippen molar-refractivity contribution in [1.29, 1.82) is 0 Å². The Labute approximate surface area is 164 Å². The molecule has 9 heteroatoms. The zero-order chi connectivity index (χ0) is 19.8. The Balaban J connectivity index is 1.81. The maximum atomic E-state index is 12.1. The van der Waals surface area contributed by atoms with Crippen LogP contribution in [0.3, 0.4) is 0 Å². The standard InChI is InChI=1S/C18H18N2O5S2/c1-27(24)13-6-4-5-12(11-13)20-18(26)25-10-9-19-16(21)14-7-2-3-8-15(14)17(22)23/h2-8,11H,9-10H2,1H3,(H,19,21)(H,20,26)(H,22,23). The fourth-order valence-corrected chi connectivity index (χ4v) is 2.94. The molecule has 0 bridgehead atoms. The molecule has 0 spiro atoms. The molecule has 0 aromatic heterocycles. The minimum atomic E-state index is -1.17. The van der Waals surface area contributed by atoms with Gasteiger partial charge in [-0.3, -0.25) is 9.00 Å². The third-order valence-electron chi connectivity index (χ3n) is 3.44. The Kier molecular flexibility index (Phi) is 7.44. The number of thiocarbonyl (C=S) groups is 1. The van der Waals surface area contributed by atoms with E-state index in [9.17, 15) is 13.8 Å². The van der Waals surface area contributed by atoms with Gasteiger partial charge in [-0.25, -0.2) is 4.79 Å². The summed E-state index contributed by atoms with van der Waals surface area (Å²) in [4.78, 5) is 23.9. The molecule has 0 aliphatic carbocycles. The van der Waals surface area contributed by atoms with Gasteiger partial charge in [0.25, 0.3) is 11.1 Å². The molecule has 2 aromatic rings. The predicted molar refractivity (Wildman–Crippen MR) is 107 cm³/mol. The van der Waals surface area contributed by atoms with Gasteiger partial charge in [0, 0.05) is 27.6 Å². The van der Waals surface area contributed by atoms with E-state index in [1.807, 2.05) is 0 Å². The Morgan fingerprint density at radius 2 is 1.85 bits per heavy atom. The van der Waals surface area contributed by atoms with Crippen LogP contribution in [-0.4, -0.2) is 45.8 Å². The molecule has 2 rings (SSSR count). The zero-order valence-electron chi connectivity index (χ0n) is 14.4. The number of carboxylic acids is 1. The summed E-state index contributed by atoms with van der Waals surface area (Å²) in [6.45, 7) is 0.250. The monoisotopic (exact) mass is 406 g/mol. The van der Waals surface area contributed by atoms with Crippen molar-refractivity contribution in [3.63, 3.8) is 0 Å². The molecule has 0 fully saturated rings. The van der Waals surface area contributed by atoms with Crippen molar-refractivity contribution in [1.82, 2.24) is 5.32 Å². The first-order valence-corrected chi connectivity index (χ1v) is 9.83. The number of hydrogen-bond acceptors (Lipinski definition) is 5. The second-order valence-corrected chi connectivity index (χ2v) is 7.10. The minimum absolute atomic E-state index is 0.0682. The quantitative estimate of drug-likeness (QED) is 0.478. The molecule has 3 N–H and O–H groups in total. The molecule has 0 heterocycles. The van der Waals surface area contributed by atoms with Crippen molar-refractivity contribution in [2.24, 2.45) is 0 Å². The number of anilines is 1. The number of aromatic carboxylic acids is 1. The van der Waals surface area contributed by atoms with E-state index < -0.39 is 22.7 Å². The molecule has 142 valence electrons. The van der Waals surface area contributed by atoms with Crippen molar-refractivity contribution < 1.29 is 23.6 Å². The van der Waals surface area contributed by atoms with Gasteiger partial charge in [0.1, 0.15) is 6.61 Å². The topological polar surface area (TPSA) is 105 Å². The van der Waals surface area contributed by atoms with Crippen LogP contribution in [0.4, 0.5) is 5.69 Å². The summed E-state index contributed by atoms with van der Waals surface area (Å²) in [5.41, 5.74) is 0.656. The van der Waals surface area contributed by atoms with Crippen molar-refractivity contribution >= 4 is 45.8 Å². The van der Waals surface area contributed by atoms with E-state index in [2.05, 4.69) is 10.6 Å². The first-order chi connectivity index (χ1) is 12.9. The zero-order valence-corrected chi connectivity index (χ0v) is 16.1. The van der Waals surface area contributed by atoms with Crippen LogP contribution in [0.2, 0.25) is 0 Å². The fourth-order valence-electron chi connectivity index (χ4n) is 2.18. The summed E-state index contributed by atoms with van der Waals surface area (Å²) < 4.78 is 16.8. The van der Waals surface area contributed by atoms with Gasteiger partial charge < -0.3 is 20.5 Å². The van der Waals surface area contributed by atoms with Gasteiger partial charge in [-0.1, -0.05) is 18.2 Å². The van der Waals surface area contributed by atoms with Crippen LogP contribution < -0.4 is 10.6 Å². The van der Waals surface area contributed by atoms with E-state index in [0.717, 1.165) is 0 Å². The summed E-state index contributed by atoms with van der Waals surface area (Å²) in [7, 11) is -1.10. The fraction of sp³-hybridized carbons (Fsp3) is 0.167. The first-order valence-electron chi connectivity index (χ1n) is 7.86. The van der Waals surface area contributed by atoms with Crippen LogP contribution in [0.25, 0.3) is 0 Å². The van der Waals surface area contributed by atoms with E-state index in [0.29, 0.717) is 10.6 Å². The van der Waals surface area contributed by atoms with Gasteiger partial charge in [-0.2, -0.15) is 0 Å². The van der Waals surface area contributed by atoms with Crippen molar-refractivity contribution in [2.75, 3.05) is 24.7 Å². The minimum Gasteiger partial charge on any atom is -0.478 e. The van der Waals surface area contributed by atoms with E-state index in [1.165, 1.54) is 12.1 Å². The second kappa shape index (κ2) is 9.79. The molecular weight excluding hydrogens is 388 g/mol. The molecule has 1 unspecified atom stereocenters. The molecule has 0 saturated carbocycles. The summed E-state index contributed by atoms with van der Waals surface area (Å²) in [5, 5.41) is 14.7. The summed E-state index contributed by atoms with van der Waals surface area (Å²) >= 11 is 5.07. The number of benzene rings is 2. The van der Waals surface area contributed by atoms with Crippen LogP contribution in [0, 0.1) is 0 Å². The molecule has 1 amide bonds. The first kappa shape index (κ1) is 20.5. The van der Waals surface area contributed by atoms with Crippen LogP contribution in [0.1, 0.15) is 20.7 Å². The number of hydrogen-bond donors (Lipinski definition) is 3. The second-order valence-electron chi connectivity index (χ2n) is 5.35. The van der Waals surface area contributed by atoms with Crippen molar-refractivity contribution in [2.45, 2.75) is 4.90 Å². The molecule has 0 aliphatic heterocycles. The van der Waals surface area contributed by atoms with Gasteiger partial charge in [0.05, 0.1) is 17.7 Å². The number of carbonyl (C=O) groups is 2. The maximum Gasteiger partial charge on any atom is 0.336 e. The maximum absolute atomic E-state index is 12.1. The Hall–Kier alpha value is -2.78. The molecule has 7 nitrogen and oxygen atoms in total. The van der Waals surface area contributed by atoms with E-state index in [1.54, 1.807) is 42.7 Å². The summed E-state index contributed by atoms with van der Waals surface area (Å²) in [6, 6.07) is 12.9. The van der Waals surface area contributed by atoms with Crippen LogP contribution in [0.5, 0.6) is 0 Å². The highest BCUT2D eigenvalue weighted by Crippen LogP contribution is 2.13. The van der Waals surface area contributed by atoms with Crippen LogP contribution >= 0.6 is 12.2 Å². The highest BCUT2D eigenvalue weighted by Gasteiger charge is 2.15. The average molecular weight is 406 g/mol. The molecule has 0 radical (unpaired) electrons. The lowest BCUT2D eigenvalue weighted by Crippen LogP contribution is -2.30. The summed E-state index contributed by atoms with van der Waals surface area (Å²) in [5.74, 6) is -1.67. The Morgan fingerprint density at radius 1 is 1.15 bits per heavy atom. The lowest BCUT2D eigenvalue weighted by Gasteiger charge is -2.11. The van der Waals surface area contributed by atoms with Gasteiger partial charge >= 0.3 is 5.97 Å². The molecule has 0 aliphatic rings. The highest BCUT2D eigenvalue weighted by molar-refractivity contribution is 7.84. The lowest BCUT2D eigenvalue weighted by atomic mass is 10.1. The smallest absolute Gasteiger partial charge is 0.336 e. The molecule has 2 aromatic carbocycles. The average Bonchev–Trinajstić information content (AvgIpc) is 2.65. The molecule has 0 saturated heterocycles. The Morgan fingerprint density at radius 3 is 2.52 bits per heavy atom. The molecule has 27 heavy (non-hydrogen) atoms. The highest BCUT2D eigenvalue weighted by atomic mass is 32.2. The van der Waals surface area contributed by atoms with Gasteiger partial charge in [-0.05, 0) is 42.5 Å². The van der Waals surface area contributed by atoms with E-state index in [-0.39, 0.29) is 29.5 Å². The largest absolute Gasteiger partial charge is 0.478 e. The third-order valence-corrected chi connectivity index (χ3v) is 4.57. The van der Waals surface area contributed by atoms with Crippen molar-refractivity contribution in [3.05, 3.63) is 59.7 Å². The number of carbonyl (C=O) groups excluding carboxylic acids is 1. The number of ether oxygens (including phenoxy) is 1. The SMILES string of the molecule is CS(=O)c1cccc(NC(=S)OCCNC(=O)c2ccccc2C(=O)O)c1. The third kappa shape index (κ3) is 6.15. The lowest BCUT2D eigenvalue weighted by molar-refractivity contribution is 0.0691. The molecule has 1 atom stereocenters. The van der Waals surface area contributed by atoms with E-state index in [4.69, 9.17) is 22.1 Å². The number of rotatable bonds is 7. The van der Waals surface area contributed by atoms with Crippen LogP contribution in [-0.2, 0) is 15.5 Å². The Bertz CT molecular complexity index is 886. The normalized spacial score (nSPS) is 11.3.